The van der Waals surface area contributed by atoms with Crippen LogP contribution >= 0.6 is 0 Å². The maximum Gasteiger partial charge on any atom is 0.303 e. The number of carboxylic acid groups (broad SMARTS) is 1. The highest BCUT2D eigenvalue weighted by molar-refractivity contribution is 5.67. The number of carbonyl (C=O) groups is 1. The molecule has 0 spiro atoms. The number of aliphatic carboxylic acids is 1. The molecule has 2 atom stereocenters. The summed E-state index contributed by atoms with van der Waals surface area (Å²) in [5, 5.41) is 18.5. The minimum atomic E-state index is -0.823. The average molecular weight is 221 g/mol. The van der Waals surface area contributed by atoms with Gasteiger partial charge in [-0.1, -0.05) is 12.1 Å². The lowest BCUT2D eigenvalue weighted by Gasteiger charge is -2.16. The number of phenolic OH excluding ortho intramolecular Hbond substituents is 1. The van der Waals surface area contributed by atoms with Gasteiger partial charge >= 0.3 is 5.97 Å². The highest BCUT2D eigenvalue weighted by Gasteiger charge is 2.32. The Hall–Kier alpha value is -1.55. The lowest BCUT2D eigenvalue weighted by atomic mass is 9.93. The van der Waals surface area contributed by atoms with Crippen LogP contribution in [0.15, 0.2) is 18.2 Å². The van der Waals surface area contributed by atoms with Crippen LogP contribution < -0.4 is 5.73 Å². The fourth-order valence-corrected chi connectivity index (χ4v) is 2.45. The molecule has 0 saturated heterocycles. The van der Waals surface area contributed by atoms with Gasteiger partial charge in [0.2, 0.25) is 0 Å². The van der Waals surface area contributed by atoms with E-state index in [9.17, 15) is 9.90 Å². The van der Waals surface area contributed by atoms with Crippen LogP contribution in [-0.4, -0.2) is 22.2 Å². The van der Waals surface area contributed by atoms with Crippen molar-refractivity contribution >= 4 is 5.97 Å². The largest absolute Gasteiger partial charge is 0.508 e. The zero-order valence-electron chi connectivity index (χ0n) is 8.89. The number of carboxylic acids is 1. The Balaban J connectivity index is 2.24. The van der Waals surface area contributed by atoms with Crippen molar-refractivity contribution in [1.82, 2.24) is 0 Å². The number of fused-ring (bicyclic) bond motifs is 1. The third-order valence-electron chi connectivity index (χ3n) is 3.19. The Labute approximate surface area is 93.7 Å². The van der Waals surface area contributed by atoms with Crippen LogP contribution in [0.5, 0.6) is 5.75 Å². The van der Waals surface area contributed by atoms with Gasteiger partial charge in [-0.3, -0.25) is 4.79 Å². The summed E-state index contributed by atoms with van der Waals surface area (Å²) in [5.41, 5.74) is 7.87. The monoisotopic (exact) mass is 221 g/mol. The molecular formula is C12H15NO3. The van der Waals surface area contributed by atoms with Gasteiger partial charge in [-0.25, -0.2) is 0 Å². The summed E-state index contributed by atoms with van der Waals surface area (Å²) >= 11 is 0. The first-order valence-corrected chi connectivity index (χ1v) is 5.37. The minimum absolute atomic E-state index is 0.0349. The lowest BCUT2D eigenvalue weighted by molar-refractivity contribution is -0.137. The number of rotatable bonds is 3. The van der Waals surface area contributed by atoms with Gasteiger partial charge in [0.15, 0.2) is 0 Å². The highest BCUT2D eigenvalue weighted by atomic mass is 16.4. The second-order valence-corrected chi connectivity index (χ2v) is 4.26. The Kier molecular flexibility index (Phi) is 2.83. The van der Waals surface area contributed by atoms with Crippen LogP contribution in [-0.2, 0) is 11.2 Å². The second kappa shape index (κ2) is 4.14. The van der Waals surface area contributed by atoms with Crippen molar-refractivity contribution < 1.29 is 15.0 Å². The molecule has 2 rings (SSSR count). The molecule has 1 aromatic carbocycles. The summed E-state index contributed by atoms with van der Waals surface area (Å²) in [7, 11) is 0. The summed E-state index contributed by atoms with van der Waals surface area (Å²) in [4.78, 5) is 10.6. The SMILES string of the molecule is NC1Cc2cccc(O)c2C1CCC(=O)O. The van der Waals surface area contributed by atoms with Crippen molar-refractivity contribution in [2.24, 2.45) is 5.73 Å². The number of nitrogens with two attached hydrogens (primary N) is 1. The molecule has 2 unspecified atom stereocenters. The highest BCUT2D eigenvalue weighted by Crippen LogP contribution is 2.40. The summed E-state index contributed by atoms with van der Waals surface area (Å²) in [6.07, 6.45) is 1.29. The normalized spacial score (nSPS) is 23.1. The van der Waals surface area contributed by atoms with Crippen molar-refractivity contribution in [1.29, 1.82) is 0 Å². The van der Waals surface area contributed by atoms with Crippen LogP contribution in [0.4, 0.5) is 0 Å². The maximum absolute atomic E-state index is 10.6. The molecule has 0 amide bonds. The zero-order chi connectivity index (χ0) is 11.7. The Bertz CT molecular complexity index is 417. The van der Waals surface area contributed by atoms with E-state index in [4.69, 9.17) is 10.8 Å². The number of hydrogen-bond donors (Lipinski definition) is 3. The molecule has 4 nitrogen and oxygen atoms in total. The third-order valence-corrected chi connectivity index (χ3v) is 3.19. The molecule has 0 bridgehead atoms. The summed E-state index contributed by atoms with van der Waals surface area (Å²) < 4.78 is 0. The standard InChI is InChI=1S/C12H15NO3/c13-9-6-7-2-1-3-10(14)12(7)8(9)4-5-11(15)16/h1-3,8-9,14H,4-6,13H2,(H,15,16). The second-order valence-electron chi connectivity index (χ2n) is 4.26. The number of phenols is 1. The van der Waals surface area contributed by atoms with Crippen molar-refractivity contribution in [3.05, 3.63) is 29.3 Å². The summed E-state index contributed by atoms with van der Waals surface area (Å²) in [6, 6.07) is 5.28. The van der Waals surface area contributed by atoms with Gasteiger partial charge in [0, 0.05) is 23.9 Å². The molecule has 16 heavy (non-hydrogen) atoms. The van der Waals surface area contributed by atoms with Crippen molar-refractivity contribution in [2.45, 2.75) is 31.2 Å². The van der Waals surface area contributed by atoms with Gasteiger partial charge in [-0.15, -0.1) is 0 Å². The van der Waals surface area contributed by atoms with Crippen LogP contribution in [0, 0.1) is 0 Å². The Morgan fingerprint density at radius 1 is 1.50 bits per heavy atom. The van der Waals surface area contributed by atoms with Crippen LogP contribution in [0.1, 0.15) is 29.9 Å². The predicted molar refractivity (Wildman–Crippen MR) is 59.4 cm³/mol. The zero-order valence-corrected chi connectivity index (χ0v) is 8.89. The van der Waals surface area contributed by atoms with E-state index in [1.165, 1.54) is 0 Å². The topological polar surface area (TPSA) is 83.5 Å². The quantitative estimate of drug-likeness (QED) is 0.716. The van der Waals surface area contributed by atoms with Crippen LogP contribution in [0.3, 0.4) is 0 Å². The number of aromatic hydroxyl groups is 1. The molecule has 0 heterocycles. The average Bonchev–Trinajstić information content (AvgIpc) is 2.52. The molecule has 0 aliphatic heterocycles. The molecule has 1 aliphatic carbocycles. The molecule has 0 radical (unpaired) electrons. The smallest absolute Gasteiger partial charge is 0.303 e. The van der Waals surface area contributed by atoms with Crippen LogP contribution in [0.25, 0.3) is 0 Å². The first-order chi connectivity index (χ1) is 7.59. The van der Waals surface area contributed by atoms with E-state index in [1.54, 1.807) is 12.1 Å². The van der Waals surface area contributed by atoms with E-state index >= 15 is 0 Å². The van der Waals surface area contributed by atoms with E-state index in [2.05, 4.69) is 0 Å². The van der Waals surface area contributed by atoms with E-state index in [-0.39, 0.29) is 24.1 Å². The van der Waals surface area contributed by atoms with E-state index in [1.807, 2.05) is 6.07 Å². The summed E-state index contributed by atoms with van der Waals surface area (Å²) in [5.74, 6) is -0.621. The van der Waals surface area contributed by atoms with Gasteiger partial charge in [0.25, 0.3) is 0 Å². The molecule has 4 heteroatoms. The van der Waals surface area contributed by atoms with E-state index in [0.717, 1.165) is 11.1 Å². The fraction of sp³-hybridized carbons (Fsp3) is 0.417. The molecule has 86 valence electrons. The predicted octanol–water partition coefficient (Wildman–Crippen LogP) is 1.22. The number of hydrogen-bond acceptors (Lipinski definition) is 3. The van der Waals surface area contributed by atoms with Gasteiger partial charge in [0.1, 0.15) is 5.75 Å². The molecule has 1 aromatic rings. The van der Waals surface area contributed by atoms with Gasteiger partial charge in [0.05, 0.1) is 0 Å². The van der Waals surface area contributed by atoms with Gasteiger partial charge in [-0.05, 0) is 24.5 Å². The van der Waals surface area contributed by atoms with Crippen molar-refractivity contribution in [3.63, 3.8) is 0 Å². The molecule has 0 fully saturated rings. The van der Waals surface area contributed by atoms with Crippen molar-refractivity contribution in [3.8, 4) is 5.75 Å². The fourth-order valence-electron chi connectivity index (χ4n) is 2.45. The Morgan fingerprint density at radius 2 is 2.25 bits per heavy atom. The van der Waals surface area contributed by atoms with Gasteiger partial charge < -0.3 is 15.9 Å². The minimum Gasteiger partial charge on any atom is -0.508 e. The van der Waals surface area contributed by atoms with E-state index < -0.39 is 5.97 Å². The molecular weight excluding hydrogens is 206 g/mol. The maximum atomic E-state index is 10.6. The van der Waals surface area contributed by atoms with Crippen LogP contribution in [0.2, 0.25) is 0 Å². The summed E-state index contributed by atoms with van der Waals surface area (Å²) in [6.45, 7) is 0. The molecule has 1 aliphatic rings. The first-order valence-electron chi connectivity index (χ1n) is 5.37. The van der Waals surface area contributed by atoms with E-state index in [0.29, 0.717) is 12.8 Å². The third kappa shape index (κ3) is 1.88. The first kappa shape index (κ1) is 11.0. The number of benzene rings is 1. The Morgan fingerprint density at radius 3 is 2.94 bits per heavy atom. The molecule has 0 aromatic heterocycles. The molecule has 0 saturated carbocycles. The van der Waals surface area contributed by atoms with Gasteiger partial charge in [-0.2, -0.15) is 0 Å². The lowest BCUT2D eigenvalue weighted by Crippen LogP contribution is -2.25. The molecule has 4 N–H and O–H groups in total. The van der Waals surface area contributed by atoms with Crippen molar-refractivity contribution in [2.75, 3.05) is 0 Å².